The minimum Gasteiger partial charge on any atom is -0.360 e. The summed E-state index contributed by atoms with van der Waals surface area (Å²) in [6, 6.07) is 4.91. The van der Waals surface area contributed by atoms with Gasteiger partial charge in [0.2, 0.25) is 26.0 Å². The van der Waals surface area contributed by atoms with E-state index in [-0.39, 0.29) is 33.5 Å². The zero-order valence-corrected chi connectivity index (χ0v) is 18.7. The van der Waals surface area contributed by atoms with Crippen molar-refractivity contribution in [3.63, 3.8) is 0 Å². The van der Waals surface area contributed by atoms with Crippen molar-refractivity contribution in [1.82, 2.24) is 13.8 Å². The summed E-state index contributed by atoms with van der Waals surface area (Å²) >= 11 is 0. The molecule has 1 aliphatic heterocycles. The van der Waals surface area contributed by atoms with Crippen LogP contribution < -0.4 is 5.32 Å². The first-order chi connectivity index (χ1) is 14.0. The Morgan fingerprint density at radius 1 is 1.23 bits per heavy atom. The predicted octanol–water partition coefficient (Wildman–Crippen LogP) is 1.33. The third-order valence-corrected chi connectivity index (χ3v) is 8.89. The third-order valence-electron chi connectivity index (χ3n) is 4.92. The number of nitrogens with one attached hydrogen (secondary N) is 1. The van der Waals surface area contributed by atoms with Crippen LogP contribution >= 0.6 is 0 Å². The summed E-state index contributed by atoms with van der Waals surface area (Å²) in [6.45, 7) is 3.24. The molecular weight excluding hydrogens is 432 g/mol. The van der Waals surface area contributed by atoms with Crippen molar-refractivity contribution in [2.24, 2.45) is 0 Å². The van der Waals surface area contributed by atoms with Gasteiger partial charge in [0, 0.05) is 26.3 Å². The molecule has 1 aliphatic rings. The van der Waals surface area contributed by atoms with Crippen LogP contribution in [-0.2, 0) is 24.8 Å². The number of hydrogen-bond acceptors (Lipinski definition) is 7. The fourth-order valence-electron chi connectivity index (χ4n) is 3.42. The molecule has 1 fully saturated rings. The van der Waals surface area contributed by atoms with E-state index >= 15 is 0 Å². The Balaban J connectivity index is 1.86. The number of aromatic nitrogens is 1. The lowest BCUT2D eigenvalue weighted by molar-refractivity contribution is -0.119. The minimum absolute atomic E-state index is 0.0249. The van der Waals surface area contributed by atoms with E-state index in [0.29, 0.717) is 12.8 Å². The Morgan fingerprint density at radius 2 is 1.93 bits per heavy atom. The molecule has 10 nitrogen and oxygen atoms in total. The molecule has 3 rings (SSSR count). The van der Waals surface area contributed by atoms with Crippen LogP contribution in [0.1, 0.15) is 24.3 Å². The lowest BCUT2D eigenvalue weighted by Crippen LogP contribution is -2.43. The predicted molar refractivity (Wildman–Crippen MR) is 109 cm³/mol. The molecule has 1 atom stereocenters. The van der Waals surface area contributed by atoms with Crippen LogP contribution in [0.15, 0.2) is 38.6 Å². The van der Waals surface area contributed by atoms with E-state index in [1.165, 1.54) is 46.1 Å². The van der Waals surface area contributed by atoms with Crippen molar-refractivity contribution in [2.75, 3.05) is 26.0 Å². The standard InChI is InChI=1S/C18H24N4O6S2/c1-12-17(13(2)28-20-12)30(26,27)22-10-6-9-16(22)18(23)19-14-7-5-8-15(11-14)29(24,25)21(3)4/h5,7-8,11,16H,6,9-10H2,1-4H3,(H,19,23)/t16-/m1/s1. The molecule has 2 aromatic rings. The highest BCUT2D eigenvalue weighted by molar-refractivity contribution is 7.89. The van der Waals surface area contributed by atoms with E-state index in [9.17, 15) is 21.6 Å². The summed E-state index contributed by atoms with van der Waals surface area (Å²) in [6.07, 6.45) is 0.875. The topological polar surface area (TPSA) is 130 Å². The smallest absolute Gasteiger partial charge is 0.249 e. The lowest BCUT2D eigenvalue weighted by Gasteiger charge is -2.23. The van der Waals surface area contributed by atoms with Gasteiger partial charge in [0.1, 0.15) is 16.6 Å². The van der Waals surface area contributed by atoms with E-state index in [1.807, 2.05) is 0 Å². The van der Waals surface area contributed by atoms with Gasteiger partial charge >= 0.3 is 0 Å². The molecule has 1 aromatic carbocycles. The van der Waals surface area contributed by atoms with Crippen molar-refractivity contribution in [3.8, 4) is 0 Å². The van der Waals surface area contributed by atoms with E-state index in [0.717, 1.165) is 8.61 Å². The van der Waals surface area contributed by atoms with Crippen LogP contribution in [0.3, 0.4) is 0 Å². The second kappa shape index (κ2) is 8.10. The number of nitrogens with zero attached hydrogens (tertiary/aromatic N) is 3. The molecule has 0 unspecified atom stereocenters. The number of sulfonamides is 2. The zero-order valence-electron chi connectivity index (χ0n) is 17.1. The number of carbonyl (C=O) groups excluding carboxylic acids is 1. The minimum atomic E-state index is -3.97. The Bertz CT molecular complexity index is 1150. The lowest BCUT2D eigenvalue weighted by atomic mass is 10.2. The van der Waals surface area contributed by atoms with Crippen LogP contribution in [-0.4, -0.2) is 63.2 Å². The van der Waals surface area contributed by atoms with E-state index in [1.54, 1.807) is 6.07 Å². The summed E-state index contributed by atoms with van der Waals surface area (Å²) in [7, 11) is -4.81. The molecule has 0 aliphatic carbocycles. The van der Waals surface area contributed by atoms with Gasteiger partial charge < -0.3 is 9.84 Å². The molecule has 164 valence electrons. The van der Waals surface area contributed by atoms with Crippen molar-refractivity contribution < 1.29 is 26.2 Å². The Kier molecular flexibility index (Phi) is 6.05. The highest BCUT2D eigenvalue weighted by Crippen LogP contribution is 2.30. The number of rotatable bonds is 6. The third kappa shape index (κ3) is 4.00. The van der Waals surface area contributed by atoms with Crippen molar-refractivity contribution in [2.45, 2.75) is 42.5 Å². The summed E-state index contributed by atoms with van der Waals surface area (Å²) in [5.41, 5.74) is 0.504. The van der Waals surface area contributed by atoms with Crippen molar-refractivity contribution in [3.05, 3.63) is 35.7 Å². The summed E-state index contributed by atoms with van der Waals surface area (Å²) in [5, 5.41) is 6.34. The van der Waals surface area contributed by atoms with Crippen LogP contribution in [0.5, 0.6) is 0 Å². The van der Waals surface area contributed by atoms with Gasteiger partial charge in [-0.3, -0.25) is 4.79 Å². The van der Waals surface area contributed by atoms with Gasteiger partial charge in [-0.05, 0) is 44.9 Å². The number of carbonyl (C=O) groups is 1. The Morgan fingerprint density at radius 3 is 2.53 bits per heavy atom. The first-order valence-electron chi connectivity index (χ1n) is 9.24. The SMILES string of the molecule is Cc1noc(C)c1S(=O)(=O)N1CCC[C@@H]1C(=O)Nc1cccc(S(=O)(=O)N(C)C)c1. The molecule has 0 radical (unpaired) electrons. The molecule has 1 aromatic heterocycles. The van der Waals surface area contributed by atoms with E-state index < -0.39 is 32.0 Å². The fourth-order valence-corrected chi connectivity index (χ4v) is 6.32. The van der Waals surface area contributed by atoms with Gasteiger partial charge in [0.05, 0.1) is 4.90 Å². The average Bonchev–Trinajstić information content (AvgIpc) is 3.29. The van der Waals surface area contributed by atoms with Crippen LogP contribution in [0.4, 0.5) is 5.69 Å². The Hall–Kier alpha value is -2.28. The first-order valence-corrected chi connectivity index (χ1v) is 12.1. The molecule has 1 N–H and O–H groups in total. The summed E-state index contributed by atoms with van der Waals surface area (Å²) in [5.74, 6) is -0.359. The largest absolute Gasteiger partial charge is 0.360 e. The maximum Gasteiger partial charge on any atom is 0.249 e. The van der Waals surface area contributed by atoms with Crippen LogP contribution in [0.2, 0.25) is 0 Å². The van der Waals surface area contributed by atoms with Crippen molar-refractivity contribution in [1.29, 1.82) is 0 Å². The summed E-state index contributed by atoms with van der Waals surface area (Å²) < 4.78 is 58.1. The Labute approximate surface area is 175 Å². The quantitative estimate of drug-likeness (QED) is 0.694. The van der Waals surface area contributed by atoms with Gasteiger partial charge in [-0.2, -0.15) is 4.31 Å². The van der Waals surface area contributed by atoms with Gasteiger partial charge in [-0.1, -0.05) is 11.2 Å². The molecule has 1 amide bonds. The number of hydrogen-bond donors (Lipinski definition) is 1. The van der Waals surface area contributed by atoms with Crippen LogP contribution in [0, 0.1) is 13.8 Å². The van der Waals surface area contributed by atoms with Gasteiger partial charge in [0.25, 0.3) is 0 Å². The van der Waals surface area contributed by atoms with Crippen molar-refractivity contribution >= 4 is 31.6 Å². The van der Waals surface area contributed by atoms with E-state index in [2.05, 4.69) is 10.5 Å². The maximum absolute atomic E-state index is 13.1. The average molecular weight is 457 g/mol. The first kappa shape index (κ1) is 22.4. The van der Waals surface area contributed by atoms with Crippen LogP contribution in [0.25, 0.3) is 0 Å². The highest BCUT2D eigenvalue weighted by Gasteiger charge is 2.42. The van der Waals surface area contributed by atoms with Gasteiger partial charge in [-0.15, -0.1) is 0 Å². The molecule has 0 bridgehead atoms. The van der Waals surface area contributed by atoms with E-state index in [4.69, 9.17) is 4.52 Å². The molecule has 12 heteroatoms. The van der Waals surface area contributed by atoms with Gasteiger partial charge in [0.15, 0.2) is 5.76 Å². The fraction of sp³-hybridized carbons (Fsp3) is 0.444. The molecule has 0 saturated carbocycles. The molecular formula is C18H24N4O6S2. The number of aryl methyl sites for hydroxylation is 2. The molecule has 1 saturated heterocycles. The zero-order chi connectivity index (χ0) is 22.3. The number of benzene rings is 1. The number of amides is 1. The second-order valence-corrected chi connectivity index (χ2v) is 11.2. The highest BCUT2D eigenvalue weighted by atomic mass is 32.2. The van der Waals surface area contributed by atoms with Gasteiger partial charge in [-0.25, -0.2) is 21.1 Å². The molecule has 0 spiro atoms. The number of anilines is 1. The maximum atomic E-state index is 13.1. The monoisotopic (exact) mass is 456 g/mol. The normalized spacial score (nSPS) is 18.1. The molecule has 30 heavy (non-hydrogen) atoms. The summed E-state index contributed by atoms with van der Waals surface area (Å²) in [4.78, 5) is 12.9. The second-order valence-electron chi connectivity index (χ2n) is 7.23. The molecule has 2 heterocycles.